The van der Waals surface area contributed by atoms with E-state index in [1.54, 1.807) is 19.2 Å². The molecule has 1 rings (SSSR count). The van der Waals surface area contributed by atoms with Gasteiger partial charge in [0.1, 0.15) is 5.75 Å². The molecule has 0 aliphatic rings. The van der Waals surface area contributed by atoms with Crippen molar-refractivity contribution < 1.29 is 4.74 Å². The molecule has 0 aromatic heterocycles. The van der Waals surface area contributed by atoms with E-state index in [1.165, 1.54) is 0 Å². The molecular weight excluding hydrogens is 230 g/mol. The van der Waals surface area contributed by atoms with Gasteiger partial charge in [0.05, 0.1) is 7.11 Å². The maximum atomic E-state index is 8.27. The third-order valence-electron chi connectivity index (χ3n) is 1.43. The highest BCUT2D eigenvalue weighted by Gasteiger charge is 1.98. The molecule has 0 radical (unpaired) electrons. The van der Waals surface area contributed by atoms with E-state index in [9.17, 15) is 0 Å². The number of methoxy groups -OCH3 is 1. The molecule has 0 saturated carbocycles. The molecule has 0 bridgehead atoms. The molecule has 0 saturated heterocycles. The van der Waals surface area contributed by atoms with Gasteiger partial charge in [0, 0.05) is 16.0 Å². The molecule has 13 heavy (non-hydrogen) atoms. The van der Waals surface area contributed by atoms with E-state index < -0.39 is 0 Å². The Hall–Kier alpha value is -1.45. The molecule has 0 unspecified atom stereocenters. The molecule has 64 valence electrons. The van der Waals surface area contributed by atoms with E-state index >= 15 is 0 Å². The normalized spacial score (nSPS) is 8.08. The van der Waals surface area contributed by atoms with Gasteiger partial charge in [-0.25, -0.2) is 0 Å². The van der Waals surface area contributed by atoms with Crippen LogP contribution in [0.5, 0.6) is 5.75 Å². The van der Waals surface area contributed by atoms with Crippen LogP contribution in [0.4, 0.5) is 0 Å². The SMILES string of the molecule is COc1ccc(Br)c(C#CC#N)c1. The third-order valence-corrected chi connectivity index (χ3v) is 2.12. The Balaban J connectivity index is 3.13. The molecule has 0 atom stereocenters. The van der Waals surface area contributed by atoms with Crippen LogP contribution in [0.2, 0.25) is 0 Å². The van der Waals surface area contributed by atoms with E-state index in [-0.39, 0.29) is 0 Å². The topological polar surface area (TPSA) is 33.0 Å². The fraction of sp³-hybridized carbons (Fsp3) is 0.100. The second-order valence-electron chi connectivity index (χ2n) is 2.21. The predicted octanol–water partition coefficient (Wildman–Crippen LogP) is 2.33. The zero-order chi connectivity index (χ0) is 9.68. The summed E-state index contributed by atoms with van der Waals surface area (Å²) in [4.78, 5) is 0. The summed E-state index contributed by atoms with van der Waals surface area (Å²) in [5.41, 5.74) is 0.751. The van der Waals surface area contributed by atoms with Gasteiger partial charge in [-0.15, -0.1) is 0 Å². The molecule has 0 spiro atoms. The lowest BCUT2D eigenvalue weighted by Crippen LogP contribution is -1.84. The van der Waals surface area contributed by atoms with Crippen LogP contribution in [0.3, 0.4) is 0 Å². The lowest BCUT2D eigenvalue weighted by atomic mass is 10.2. The van der Waals surface area contributed by atoms with Gasteiger partial charge in [-0.2, -0.15) is 5.26 Å². The molecule has 0 fully saturated rings. The standard InChI is InChI=1S/C10H6BrNO/c1-13-9-4-5-10(11)8(7-9)3-2-6-12/h4-5,7H,1H3. The van der Waals surface area contributed by atoms with E-state index in [0.29, 0.717) is 0 Å². The van der Waals surface area contributed by atoms with Gasteiger partial charge in [0.25, 0.3) is 0 Å². The molecule has 0 aliphatic carbocycles. The Labute approximate surface area is 85.3 Å². The Morgan fingerprint density at radius 2 is 2.23 bits per heavy atom. The minimum Gasteiger partial charge on any atom is -0.497 e. The molecule has 1 aromatic rings. The monoisotopic (exact) mass is 235 g/mol. The van der Waals surface area contributed by atoms with Crippen LogP contribution in [0, 0.1) is 23.2 Å². The lowest BCUT2D eigenvalue weighted by Gasteiger charge is -2.00. The molecule has 0 amide bonds. The first-order chi connectivity index (χ1) is 6.27. The summed E-state index contributed by atoms with van der Waals surface area (Å²) < 4.78 is 5.88. The number of hydrogen-bond acceptors (Lipinski definition) is 2. The van der Waals surface area contributed by atoms with Crippen LogP contribution in [-0.2, 0) is 0 Å². The highest BCUT2D eigenvalue weighted by atomic mass is 79.9. The van der Waals surface area contributed by atoms with Crippen molar-refractivity contribution in [3.8, 4) is 23.7 Å². The Kier molecular flexibility index (Phi) is 3.37. The maximum absolute atomic E-state index is 8.27. The van der Waals surface area contributed by atoms with Crippen LogP contribution >= 0.6 is 15.9 Å². The van der Waals surface area contributed by atoms with Crippen molar-refractivity contribution in [1.82, 2.24) is 0 Å². The smallest absolute Gasteiger partial charge is 0.152 e. The van der Waals surface area contributed by atoms with Gasteiger partial charge >= 0.3 is 0 Å². The second-order valence-corrected chi connectivity index (χ2v) is 3.06. The van der Waals surface area contributed by atoms with Gasteiger partial charge in [0.15, 0.2) is 6.07 Å². The van der Waals surface area contributed by atoms with Crippen molar-refractivity contribution in [2.24, 2.45) is 0 Å². The molecule has 1 aromatic carbocycles. The predicted molar refractivity (Wildman–Crippen MR) is 53.2 cm³/mol. The molecule has 0 N–H and O–H groups in total. The first-order valence-electron chi connectivity index (χ1n) is 3.51. The molecular formula is C10H6BrNO. The Bertz CT molecular complexity index is 409. The average Bonchev–Trinajstić information content (AvgIpc) is 2.17. The number of rotatable bonds is 1. The summed E-state index contributed by atoms with van der Waals surface area (Å²) in [6, 6.07) is 7.18. The number of halogens is 1. The van der Waals surface area contributed by atoms with Crippen molar-refractivity contribution in [2.75, 3.05) is 7.11 Å². The summed E-state index contributed by atoms with van der Waals surface area (Å²) in [6.07, 6.45) is 0. The summed E-state index contributed by atoms with van der Waals surface area (Å²) in [6.45, 7) is 0. The van der Waals surface area contributed by atoms with Crippen LogP contribution in [0.25, 0.3) is 0 Å². The van der Waals surface area contributed by atoms with E-state index in [1.807, 2.05) is 12.1 Å². The first kappa shape index (κ1) is 9.64. The average molecular weight is 236 g/mol. The molecule has 2 nitrogen and oxygen atoms in total. The highest BCUT2D eigenvalue weighted by molar-refractivity contribution is 9.10. The fourth-order valence-corrected chi connectivity index (χ4v) is 1.17. The van der Waals surface area contributed by atoms with Crippen LogP contribution < -0.4 is 4.74 Å². The number of nitrogens with zero attached hydrogens (tertiary/aromatic N) is 1. The van der Waals surface area contributed by atoms with Gasteiger partial charge in [-0.1, -0.05) is 0 Å². The number of nitriles is 1. The highest BCUT2D eigenvalue weighted by Crippen LogP contribution is 2.21. The summed E-state index contributed by atoms with van der Waals surface area (Å²) >= 11 is 3.32. The quantitative estimate of drug-likeness (QED) is 0.701. The van der Waals surface area contributed by atoms with Crippen LogP contribution in [0.1, 0.15) is 5.56 Å². The summed E-state index contributed by atoms with van der Waals surface area (Å²) in [5, 5.41) is 8.27. The van der Waals surface area contributed by atoms with Crippen molar-refractivity contribution in [3.05, 3.63) is 28.2 Å². The molecule has 3 heteroatoms. The number of benzene rings is 1. The number of ether oxygens (including phenoxy) is 1. The van der Waals surface area contributed by atoms with Crippen molar-refractivity contribution in [3.63, 3.8) is 0 Å². The van der Waals surface area contributed by atoms with Crippen molar-refractivity contribution >= 4 is 15.9 Å². The summed E-state index contributed by atoms with van der Waals surface area (Å²) in [5.74, 6) is 5.75. The van der Waals surface area contributed by atoms with E-state index in [2.05, 4.69) is 27.8 Å². The third kappa shape index (κ3) is 2.50. The Morgan fingerprint density at radius 3 is 2.85 bits per heavy atom. The molecule has 0 heterocycles. The largest absolute Gasteiger partial charge is 0.497 e. The van der Waals surface area contributed by atoms with Gasteiger partial charge in [-0.3, -0.25) is 0 Å². The minimum atomic E-state index is 0.727. The number of hydrogen-bond donors (Lipinski definition) is 0. The van der Waals surface area contributed by atoms with Crippen LogP contribution in [0.15, 0.2) is 22.7 Å². The minimum absolute atomic E-state index is 0.727. The van der Waals surface area contributed by atoms with Crippen LogP contribution in [-0.4, -0.2) is 7.11 Å². The van der Waals surface area contributed by atoms with E-state index in [0.717, 1.165) is 15.8 Å². The van der Waals surface area contributed by atoms with Gasteiger partial charge in [0.2, 0.25) is 0 Å². The maximum Gasteiger partial charge on any atom is 0.152 e. The lowest BCUT2D eigenvalue weighted by molar-refractivity contribution is 0.414. The van der Waals surface area contributed by atoms with Crippen molar-refractivity contribution in [1.29, 1.82) is 5.26 Å². The zero-order valence-corrected chi connectivity index (χ0v) is 8.55. The summed E-state index contributed by atoms with van der Waals surface area (Å²) in [7, 11) is 1.59. The zero-order valence-electron chi connectivity index (χ0n) is 6.97. The van der Waals surface area contributed by atoms with Gasteiger partial charge in [-0.05, 0) is 40.0 Å². The first-order valence-corrected chi connectivity index (χ1v) is 4.31. The van der Waals surface area contributed by atoms with Crippen molar-refractivity contribution in [2.45, 2.75) is 0 Å². The van der Waals surface area contributed by atoms with E-state index in [4.69, 9.17) is 10.00 Å². The van der Waals surface area contributed by atoms with Gasteiger partial charge < -0.3 is 4.74 Å². The second kappa shape index (κ2) is 4.54. The fourth-order valence-electron chi connectivity index (χ4n) is 0.822. The molecule has 0 aliphatic heterocycles. The Morgan fingerprint density at radius 1 is 1.46 bits per heavy atom.